The van der Waals surface area contributed by atoms with Gasteiger partial charge in [0.2, 0.25) is 11.8 Å². The number of amides is 2. The van der Waals surface area contributed by atoms with E-state index in [2.05, 4.69) is 23.8 Å². The van der Waals surface area contributed by atoms with Crippen LogP contribution in [0.1, 0.15) is 47.9 Å². The van der Waals surface area contributed by atoms with Gasteiger partial charge in [-0.1, -0.05) is 115 Å². The Morgan fingerprint density at radius 3 is 1.81 bits per heavy atom. The van der Waals surface area contributed by atoms with Gasteiger partial charge in [-0.05, 0) is 72.9 Å². The van der Waals surface area contributed by atoms with Crippen LogP contribution in [-0.2, 0) is 45.0 Å². The molecule has 0 unspecified atom stereocenters. The maximum atomic E-state index is 13.7. The van der Waals surface area contributed by atoms with Crippen LogP contribution in [0.25, 0.3) is 0 Å². The van der Waals surface area contributed by atoms with E-state index in [1.54, 1.807) is 12.2 Å². The Morgan fingerprint density at radius 1 is 0.660 bits per heavy atom. The monoisotopic (exact) mass is 716 g/mol. The first-order valence-electron chi connectivity index (χ1n) is 18.3. The van der Waals surface area contributed by atoms with Crippen molar-refractivity contribution in [3.05, 3.63) is 163 Å². The summed E-state index contributed by atoms with van der Waals surface area (Å²) in [5.74, 6) is -1.36. The average molecular weight is 717 g/mol. The molecule has 8 nitrogen and oxygen atoms in total. The zero-order valence-corrected chi connectivity index (χ0v) is 30.4. The standard InChI is InChI=1S/C45H52N2O6/c1-3-5-22-39(27-34-16-9-6-10-17-34)45(51)53-33-41(29-35-18-11-7-12-19-35)47-44(50)38(15-4-2)30-43(49)46-40(31-48)28-36-23-25-42(26-24-36)52-32-37-20-13-8-14-21-37/h3-4,6-14,16-21,23-26,38-41,48H,1-2,5,15,22,27-33H2,(H,46,49)(H,47,50)/t38-,39-,40+,41-/m1/s1. The van der Waals surface area contributed by atoms with Gasteiger partial charge in [-0.25, -0.2) is 0 Å². The molecule has 0 saturated heterocycles. The molecule has 0 aliphatic carbocycles. The number of benzene rings is 4. The first-order valence-corrected chi connectivity index (χ1v) is 18.3. The molecule has 0 aromatic heterocycles. The van der Waals surface area contributed by atoms with Crippen LogP contribution in [0.15, 0.2) is 141 Å². The minimum atomic E-state index is -0.708. The van der Waals surface area contributed by atoms with Gasteiger partial charge in [-0.3, -0.25) is 14.4 Å². The minimum Gasteiger partial charge on any atom is -0.489 e. The second-order valence-electron chi connectivity index (χ2n) is 13.3. The molecule has 2 amide bonds. The van der Waals surface area contributed by atoms with E-state index >= 15 is 0 Å². The molecule has 4 rings (SSSR count). The molecule has 4 aromatic carbocycles. The van der Waals surface area contributed by atoms with Crippen LogP contribution in [0.4, 0.5) is 0 Å². The number of allylic oxidation sites excluding steroid dienone is 2. The van der Waals surface area contributed by atoms with Crippen molar-refractivity contribution in [3.63, 3.8) is 0 Å². The van der Waals surface area contributed by atoms with Gasteiger partial charge in [-0.2, -0.15) is 0 Å². The Labute approximate surface area is 313 Å². The van der Waals surface area contributed by atoms with Crippen molar-refractivity contribution < 1.29 is 29.0 Å². The Kier molecular flexibility index (Phi) is 17.1. The number of rotatable bonds is 23. The average Bonchev–Trinajstić information content (AvgIpc) is 3.18. The van der Waals surface area contributed by atoms with E-state index in [0.29, 0.717) is 38.7 Å². The number of esters is 1. The number of nitrogens with one attached hydrogen (secondary N) is 2. The molecule has 3 N–H and O–H groups in total. The molecule has 4 atom stereocenters. The number of aliphatic hydroxyl groups is 1. The van der Waals surface area contributed by atoms with Crippen molar-refractivity contribution >= 4 is 17.8 Å². The van der Waals surface area contributed by atoms with Crippen LogP contribution >= 0.6 is 0 Å². The zero-order chi connectivity index (χ0) is 37.7. The molecular formula is C45H52N2O6. The molecule has 0 bridgehead atoms. The molecule has 0 spiro atoms. The lowest BCUT2D eigenvalue weighted by molar-refractivity contribution is -0.150. The molecular weight excluding hydrogens is 665 g/mol. The topological polar surface area (TPSA) is 114 Å². The van der Waals surface area contributed by atoms with Crippen molar-refractivity contribution in [1.82, 2.24) is 10.6 Å². The third kappa shape index (κ3) is 14.6. The van der Waals surface area contributed by atoms with Crippen molar-refractivity contribution in [1.29, 1.82) is 0 Å². The van der Waals surface area contributed by atoms with E-state index < -0.39 is 18.0 Å². The van der Waals surface area contributed by atoms with Gasteiger partial charge in [0.05, 0.1) is 30.5 Å². The Balaban J connectivity index is 1.34. The lowest BCUT2D eigenvalue weighted by Gasteiger charge is -2.24. The first-order chi connectivity index (χ1) is 25.9. The van der Waals surface area contributed by atoms with Gasteiger partial charge in [-0.15, -0.1) is 13.2 Å². The van der Waals surface area contributed by atoms with E-state index in [4.69, 9.17) is 9.47 Å². The van der Waals surface area contributed by atoms with Crippen molar-refractivity contribution in [2.45, 2.75) is 63.6 Å². The van der Waals surface area contributed by atoms with Crippen LogP contribution < -0.4 is 15.4 Å². The molecule has 0 heterocycles. The molecule has 4 aromatic rings. The van der Waals surface area contributed by atoms with Crippen LogP contribution in [0.5, 0.6) is 5.75 Å². The second-order valence-corrected chi connectivity index (χ2v) is 13.3. The molecule has 0 saturated carbocycles. The quantitative estimate of drug-likeness (QED) is 0.0565. The van der Waals surface area contributed by atoms with Gasteiger partial charge in [0.25, 0.3) is 0 Å². The summed E-state index contributed by atoms with van der Waals surface area (Å²) in [6, 6.07) is 35.9. The largest absolute Gasteiger partial charge is 0.489 e. The summed E-state index contributed by atoms with van der Waals surface area (Å²) in [7, 11) is 0. The maximum absolute atomic E-state index is 13.7. The van der Waals surface area contributed by atoms with Crippen LogP contribution in [0, 0.1) is 11.8 Å². The fraction of sp³-hybridized carbons (Fsp3) is 0.311. The number of hydrogen-bond acceptors (Lipinski definition) is 6. The first kappa shape index (κ1) is 40.3. The predicted molar refractivity (Wildman–Crippen MR) is 209 cm³/mol. The van der Waals surface area contributed by atoms with Crippen molar-refractivity contribution in [2.75, 3.05) is 13.2 Å². The lowest BCUT2D eigenvalue weighted by Crippen LogP contribution is -2.45. The summed E-state index contributed by atoms with van der Waals surface area (Å²) in [4.78, 5) is 40.3. The summed E-state index contributed by atoms with van der Waals surface area (Å²) in [5.41, 5.74) is 4.01. The van der Waals surface area contributed by atoms with E-state index in [-0.39, 0.29) is 49.8 Å². The van der Waals surface area contributed by atoms with Crippen molar-refractivity contribution in [3.8, 4) is 5.75 Å². The number of carbonyl (C=O) groups is 3. The normalized spacial score (nSPS) is 13.1. The van der Waals surface area contributed by atoms with Crippen LogP contribution in [0.2, 0.25) is 0 Å². The predicted octanol–water partition coefficient (Wildman–Crippen LogP) is 6.96. The third-order valence-electron chi connectivity index (χ3n) is 8.97. The molecule has 278 valence electrons. The minimum absolute atomic E-state index is 0.0193. The maximum Gasteiger partial charge on any atom is 0.309 e. The van der Waals surface area contributed by atoms with Gasteiger partial charge in [0, 0.05) is 6.42 Å². The summed E-state index contributed by atoms with van der Waals surface area (Å²) in [6.07, 6.45) is 6.25. The number of ether oxygens (including phenoxy) is 2. The molecule has 0 fully saturated rings. The highest BCUT2D eigenvalue weighted by Crippen LogP contribution is 2.19. The Hall–Kier alpha value is -5.47. The molecule has 0 aliphatic heterocycles. The highest BCUT2D eigenvalue weighted by atomic mass is 16.5. The van der Waals surface area contributed by atoms with E-state index in [1.165, 1.54) is 0 Å². The lowest BCUT2D eigenvalue weighted by atomic mass is 9.95. The fourth-order valence-electron chi connectivity index (χ4n) is 6.09. The fourth-order valence-corrected chi connectivity index (χ4v) is 6.09. The van der Waals surface area contributed by atoms with E-state index in [0.717, 1.165) is 28.0 Å². The SMILES string of the molecule is C=CCC[C@H](Cc1ccccc1)C(=O)OC[C@@H](Cc1ccccc1)NC(=O)[C@H](CC=C)CC(=O)N[C@H](CO)Cc1ccc(OCc2ccccc2)cc1. The number of carbonyl (C=O) groups excluding carboxylic acids is 3. The molecule has 53 heavy (non-hydrogen) atoms. The van der Waals surface area contributed by atoms with Crippen molar-refractivity contribution in [2.24, 2.45) is 11.8 Å². The summed E-state index contributed by atoms with van der Waals surface area (Å²) in [5, 5.41) is 16.0. The molecule has 0 aliphatic rings. The Morgan fingerprint density at radius 2 is 1.23 bits per heavy atom. The number of aliphatic hydroxyl groups excluding tert-OH is 1. The smallest absolute Gasteiger partial charge is 0.309 e. The van der Waals surface area contributed by atoms with Gasteiger partial charge in [0.1, 0.15) is 19.0 Å². The summed E-state index contributed by atoms with van der Waals surface area (Å²) >= 11 is 0. The van der Waals surface area contributed by atoms with E-state index in [9.17, 15) is 19.5 Å². The highest BCUT2D eigenvalue weighted by molar-refractivity contribution is 5.86. The number of hydrogen-bond donors (Lipinski definition) is 3. The van der Waals surface area contributed by atoms with E-state index in [1.807, 2.05) is 115 Å². The van der Waals surface area contributed by atoms with Crippen LogP contribution in [0.3, 0.4) is 0 Å². The highest BCUT2D eigenvalue weighted by Gasteiger charge is 2.27. The Bertz CT molecular complexity index is 1700. The zero-order valence-electron chi connectivity index (χ0n) is 30.4. The molecule has 0 radical (unpaired) electrons. The van der Waals surface area contributed by atoms with Crippen LogP contribution in [-0.4, -0.2) is 48.2 Å². The van der Waals surface area contributed by atoms with Gasteiger partial charge >= 0.3 is 5.97 Å². The third-order valence-corrected chi connectivity index (χ3v) is 8.97. The molecule has 8 heteroatoms. The van der Waals surface area contributed by atoms with Gasteiger partial charge in [0.15, 0.2) is 0 Å². The van der Waals surface area contributed by atoms with Gasteiger partial charge < -0.3 is 25.2 Å². The summed E-state index contributed by atoms with van der Waals surface area (Å²) < 4.78 is 11.7. The second kappa shape index (κ2) is 22.5. The summed E-state index contributed by atoms with van der Waals surface area (Å²) in [6.45, 7) is 7.79.